The topological polar surface area (TPSA) is 165 Å². The number of nitrogens with zero attached hydrogens (tertiary/aromatic N) is 7. The number of rotatable bonds is 5. The van der Waals surface area contributed by atoms with Gasteiger partial charge in [0.2, 0.25) is 0 Å². The average molecular weight is 1340 g/mol. The summed E-state index contributed by atoms with van der Waals surface area (Å²) in [6.45, 7) is 27.0. The Morgan fingerprint density at radius 3 is 1.39 bits per heavy atom. The van der Waals surface area contributed by atoms with Crippen molar-refractivity contribution >= 4 is 118 Å². The summed E-state index contributed by atoms with van der Waals surface area (Å²) in [7, 11) is -1.29. The fourth-order valence-corrected chi connectivity index (χ4v) is 11.7. The highest BCUT2D eigenvalue weighted by molar-refractivity contribution is 9.11. The van der Waals surface area contributed by atoms with Gasteiger partial charge in [0.15, 0.2) is 12.5 Å². The zero-order chi connectivity index (χ0) is 59.8. The van der Waals surface area contributed by atoms with E-state index in [4.69, 9.17) is 42.1 Å². The van der Waals surface area contributed by atoms with Gasteiger partial charge in [0.1, 0.15) is 6.23 Å². The quantitative estimate of drug-likeness (QED) is 0.162. The molecule has 6 saturated heterocycles. The van der Waals surface area contributed by atoms with Crippen LogP contribution in [0.15, 0.2) is 111 Å². The van der Waals surface area contributed by atoms with E-state index in [0.717, 1.165) is 108 Å². The Kier molecular flexibility index (Phi) is 19.2. The number of hydrogen-bond acceptors (Lipinski definition) is 13. The molecule has 0 bridgehead atoms. The number of aromatic amines is 1. The van der Waals surface area contributed by atoms with Crippen LogP contribution in [-0.4, -0.2) is 114 Å². The number of nitrogens with one attached hydrogen (secondary N) is 1. The molecular weight excluding hydrogens is 1260 g/mol. The van der Waals surface area contributed by atoms with Crippen molar-refractivity contribution in [2.24, 2.45) is 0 Å². The van der Waals surface area contributed by atoms with Gasteiger partial charge in [-0.15, -0.1) is 0 Å². The molecule has 84 heavy (non-hydrogen) atoms. The van der Waals surface area contributed by atoms with Gasteiger partial charge >= 0.3 is 21.1 Å². The average Bonchev–Trinajstić information content (AvgIpc) is 4.54. The largest absolute Gasteiger partial charge is 0.494 e. The van der Waals surface area contributed by atoms with Crippen LogP contribution in [0.25, 0.3) is 43.6 Å². The first-order valence-electron chi connectivity index (χ1n) is 29.5. The fraction of sp³-hybridized carbons (Fsp3) is 0.541. The Hall–Kier alpha value is -3.97. The molecule has 6 fully saturated rings. The minimum atomic E-state index is -0.476. The third-order valence-corrected chi connectivity index (χ3v) is 19.1. The zero-order valence-electron chi connectivity index (χ0n) is 50.6. The van der Waals surface area contributed by atoms with Crippen LogP contribution >= 0.6 is 47.8 Å². The molecule has 0 radical (unpaired) electrons. The molecule has 0 aliphatic carbocycles. The number of aromatic nitrogens is 8. The van der Waals surface area contributed by atoms with E-state index in [2.05, 4.69) is 144 Å². The molecule has 17 nitrogen and oxygen atoms in total. The Morgan fingerprint density at radius 2 is 0.893 bits per heavy atom. The van der Waals surface area contributed by atoms with Gasteiger partial charge in [-0.25, -0.2) is 14.0 Å². The summed E-state index contributed by atoms with van der Waals surface area (Å²) in [5, 5.41) is 24.8. The summed E-state index contributed by atoms with van der Waals surface area (Å²) in [4.78, 5) is 0. The lowest BCUT2D eigenvalue weighted by atomic mass is 9.49. The van der Waals surface area contributed by atoms with E-state index in [9.17, 15) is 0 Å². The Morgan fingerprint density at radius 1 is 0.464 bits per heavy atom. The van der Waals surface area contributed by atoms with Gasteiger partial charge < -0.3 is 42.1 Å². The number of halogens is 3. The molecule has 6 aliphatic rings. The first kappa shape index (κ1) is 63.1. The second kappa shape index (κ2) is 25.6. The molecule has 0 saturated carbocycles. The summed E-state index contributed by atoms with van der Waals surface area (Å²) in [6, 6.07) is 24.6. The standard InChI is InChI=1S/C18H25BN2O3.C12H24B2O4.2C12H13BrN2O.C7H5BrN2/c1-17(2)18(3,4)24-19(23-17)14-8-9-15-13(11-14)12-20-21(15)16-7-5-6-10-22-16;1-9(2)10(3,4)16-13(15-9)14-17-11(5,6)12(7,8)18-14;13-10-4-5-11-9(7-10)8-15(14-11)12-3-1-2-6-16-12;13-10-4-5-11-9(7-10)8-14-15(11)12-3-1-2-6-16-12;8-6-1-2-7-5(3-6)4-9-10-7/h8-9,11-12,16H,5-7,10H2,1-4H3;1-8H3;2*4-5,7-8,12H,1-3,6H2;1-4H,(H,9,10). The predicted molar refractivity (Wildman–Crippen MR) is 343 cm³/mol. The van der Waals surface area contributed by atoms with Crippen molar-refractivity contribution in [3.05, 3.63) is 111 Å². The molecule has 0 amide bonds. The van der Waals surface area contributed by atoms with Gasteiger partial charge in [-0.2, -0.15) is 20.4 Å². The van der Waals surface area contributed by atoms with Crippen molar-refractivity contribution in [3.63, 3.8) is 0 Å². The van der Waals surface area contributed by atoms with Crippen molar-refractivity contribution in [1.29, 1.82) is 0 Å². The van der Waals surface area contributed by atoms with E-state index < -0.39 is 14.0 Å². The molecule has 0 spiro atoms. The highest BCUT2D eigenvalue weighted by Gasteiger charge is 2.64. The van der Waals surface area contributed by atoms with Gasteiger partial charge in [-0.1, -0.05) is 59.9 Å². The first-order valence-corrected chi connectivity index (χ1v) is 31.9. The van der Waals surface area contributed by atoms with Crippen molar-refractivity contribution in [2.75, 3.05) is 19.8 Å². The normalized spacial score (nSPS) is 23.8. The van der Waals surface area contributed by atoms with Crippen LogP contribution in [0.5, 0.6) is 0 Å². The summed E-state index contributed by atoms with van der Waals surface area (Å²) in [5.41, 5.74) is 3.29. The van der Waals surface area contributed by atoms with Crippen LogP contribution in [-0.2, 0) is 42.1 Å². The van der Waals surface area contributed by atoms with Crippen LogP contribution in [0.4, 0.5) is 0 Å². The van der Waals surface area contributed by atoms with Gasteiger partial charge in [0.25, 0.3) is 0 Å². The maximum atomic E-state index is 6.15. The Bertz CT molecular complexity index is 3420. The molecule has 4 aromatic heterocycles. The monoisotopic (exact) mass is 1340 g/mol. The molecular formula is C61H80B3Br3N8O9. The second-order valence-corrected chi connectivity index (χ2v) is 28.2. The number of ether oxygens (including phenoxy) is 3. The lowest BCUT2D eigenvalue weighted by molar-refractivity contribution is -0.0390. The summed E-state index contributed by atoms with van der Waals surface area (Å²) >= 11 is 10.3. The highest BCUT2D eigenvalue weighted by Crippen LogP contribution is 2.43. The minimum absolute atomic E-state index is 0.0546. The number of H-pyrrole nitrogens is 1. The third-order valence-electron chi connectivity index (χ3n) is 17.7. The van der Waals surface area contributed by atoms with Crippen LogP contribution in [0.1, 0.15) is 160 Å². The molecule has 3 atom stereocenters. The third kappa shape index (κ3) is 14.1. The van der Waals surface area contributed by atoms with Gasteiger partial charge in [0.05, 0.1) is 74.3 Å². The number of benzene rings is 4. The SMILES string of the molecule is Brc1ccc2[nH]ncc2c1.Brc1ccc2c(cnn2C2CCCCO2)c1.Brc1ccc2nn(C3CCCCO3)cc2c1.CC1(C)OB(B2OC(C)(C)C(C)(C)O2)OC1(C)C.CC1(C)OB(c2ccc3c(cnn3C3CCCCO3)c2)OC1(C)C. The van der Waals surface area contributed by atoms with Gasteiger partial charge in [0, 0.05) is 61.0 Å². The minimum Gasteiger partial charge on any atom is -0.405 e. The van der Waals surface area contributed by atoms with Crippen LogP contribution in [0.3, 0.4) is 0 Å². The maximum Gasteiger partial charge on any atom is 0.494 e. The molecule has 448 valence electrons. The van der Waals surface area contributed by atoms with E-state index in [-0.39, 0.29) is 59.4 Å². The van der Waals surface area contributed by atoms with E-state index in [1.807, 2.05) is 118 Å². The van der Waals surface area contributed by atoms with Crippen LogP contribution in [0.2, 0.25) is 0 Å². The number of fused-ring (bicyclic) bond motifs is 4. The molecule has 6 aliphatic heterocycles. The summed E-state index contributed by atoms with van der Waals surface area (Å²) < 4.78 is 62.7. The zero-order valence-corrected chi connectivity index (χ0v) is 55.4. The molecule has 23 heteroatoms. The molecule has 4 aromatic carbocycles. The van der Waals surface area contributed by atoms with E-state index in [1.54, 1.807) is 6.20 Å². The van der Waals surface area contributed by atoms with Crippen molar-refractivity contribution in [3.8, 4) is 0 Å². The van der Waals surface area contributed by atoms with E-state index in [1.165, 1.54) is 32.1 Å². The lowest BCUT2D eigenvalue weighted by Gasteiger charge is -2.32. The maximum absolute atomic E-state index is 6.15. The van der Waals surface area contributed by atoms with E-state index in [0.29, 0.717) is 0 Å². The summed E-state index contributed by atoms with van der Waals surface area (Å²) in [6.07, 6.45) is 18.2. The summed E-state index contributed by atoms with van der Waals surface area (Å²) in [5.74, 6) is 0. The highest BCUT2D eigenvalue weighted by atomic mass is 79.9. The molecule has 14 rings (SSSR count). The second-order valence-electron chi connectivity index (χ2n) is 25.4. The van der Waals surface area contributed by atoms with Crippen LogP contribution in [0, 0.1) is 0 Å². The van der Waals surface area contributed by atoms with Crippen LogP contribution < -0.4 is 5.46 Å². The van der Waals surface area contributed by atoms with Gasteiger partial charge in [-0.05, 0) is 207 Å². The molecule has 3 unspecified atom stereocenters. The molecule has 1 N–H and O–H groups in total. The fourth-order valence-electron chi connectivity index (χ4n) is 10.5. The Labute approximate surface area is 520 Å². The van der Waals surface area contributed by atoms with Crippen molar-refractivity contribution < 1.29 is 42.1 Å². The first-order chi connectivity index (χ1) is 39.8. The molecule has 8 aromatic rings. The smallest absolute Gasteiger partial charge is 0.405 e. The lowest BCUT2D eigenvalue weighted by Crippen LogP contribution is -2.41. The van der Waals surface area contributed by atoms with Gasteiger partial charge in [-0.3, -0.25) is 5.10 Å². The molecule has 10 heterocycles. The number of hydrogen-bond donors (Lipinski definition) is 1. The van der Waals surface area contributed by atoms with E-state index >= 15 is 0 Å². The Balaban J connectivity index is 0.000000120. The predicted octanol–water partition coefficient (Wildman–Crippen LogP) is 14.6. The van der Waals surface area contributed by atoms with Crippen molar-refractivity contribution in [1.82, 2.24) is 39.5 Å². The van der Waals surface area contributed by atoms with Crippen molar-refractivity contribution in [2.45, 2.75) is 193 Å².